The van der Waals surface area contributed by atoms with Crippen molar-refractivity contribution in [1.82, 2.24) is 4.72 Å². The Morgan fingerprint density at radius 3 is 2.47 bits per heavy atom. The molecule has 94 valence electrons. The van der Waals surface area contributed by atoms with Gasteiger partial charge in [-0.1, -0.05) is 15.9 Å². The van der Waals surface area contributed by atoms with E-state index in [4.69, 9.17) is 5.73 Å². The highest BCUT2D eigenvalue weighted by Crippen LogP contribution is 2.19. The zero-order valence-corrected chi connectivity index (χ0v) is 11.8. The Morgan fingerprint density at radius 1 is 1.41 bits per heavy atom. The van der Waals surface area contributed by atoms with E-state index in [9.17, 15) is 13.2 Å². The van der Waals surface area contributed by atoms with Gasteiger partial charge in [-0.15, -0.1) is 0 Å². The first-order valence-electron chi connectivity index (χ1n) is 4.81. The minimum atomic E-state index is -3.73. The molecular weight excluding hydrogens is 308 g/mol. The number of hydrogen-bond acceptors (Lipinski definition) is 3. The molecule has 5 nitrogen and oxygen atoms in total. The minimum Gasteiger partial charge on any atom is -0.368 e. The fourth-order valence-corrected chi connectivity index (χ4v) is 3.32. The Labute approximate surface area is 109 Å². The van der Waals surface area contributed by atoms with E-state index in [-0.39, 0.29) is 4.90 Å². The van der Waals surface area contributed by atoms with E-state index in [2.05, 4.69) is 20.7 Å². The highest BCUT2D eigenvalue weighted by Gasteiger charge is 2.20. The second-order valence-electron chi connectivity index (χ2n) is 3.71. The minimum absolute atomic E-state index is 0.0949. The Bertz CT molecular complexity index is 522. The molecule has 1 aromatic carbocycles. The van der Waals surface area contributed by atoms with Gasteiger partial charge < -0.3 is 5.73 Å². The monoisotopic (exact) mass is 320 g/mol. The van der Waals surface area contributed by atoms with E-state index < -0.39 is 22.0 Å². The lowest BCUT2D eigenvalue weighted by molar-refractivity contribution is -0.119. The Balaban J connectivity index is 3.09. The van der Waals surface area contributed by atoms with Crippen LogP contribution >= 0.6 is 15.9 Å². The van der Waals surface area contributed by atoms with Gasteiger partial charge >= 0.3 is 0 Å². The summed E-state index contributed by atoms with van der Waals surface area (Å²) in [6.45, 7) is 3.17. The maximum atomic E-state index is 11.9. The van der Waals surface area contributed by atoms with Crippen molar-refractivity contribution >= 4 is 31.9 Å². The van der Waals surface area contributed by atoms with Gasteiger partial charge in [-0.3, -0.25) is 4.79 Å². The molecule has 0 aliphatic carbocycles. The first kappa shape index (κ1) is 14.1. The average molecular weight is 321 g/mol. The topological polar surface area (TPSA) is 89.3 Å². The number of benzene rings is 1. The van der Waals surface area contributed by atoms with Crippen LogP contribution in [-0.4, -0.2) is 20.4 Å². The van der Waals surface area contributed by atoms with Gasteiger partial charge in [0.25, 0.3) is 0 Å². The number of nitrogens with one attached hydrogen (secondary N) is 1. The average Bonchev–Trinajstić information content (AvgIpc) is 2.15. The number of carbonyl (C=O) groups excluding carboxylic acids is 1. The number of rotatable bonds is 4. The van der Waals surface area contributed by atoms with E-state index >= 15 is 0 Å². The van der Waals surface area contributed by atoms with Gasteiger partial charge in [-0.2, -0.15) is 4.72 Å². The van der Waals surface area contributed by atoms with Crippen LogP contribution in [0.5, 0.6) is 0 Å². The summed E-state index contributed by atoms with van der Waals surface area (Å²) in [6, 6.07) is 3.82. The number of aryl methyl sites for hydroxylation is 1. The van der Waals surface area contributed by atoms with Crippen LogP contribution in [0.3, 0.4) is 0 Å². The van der Waals surface area contributed by atoms with Crippen LogP contribution in [0.4, 0.5) is 0 Å². The second-order valence-corrected chi connectivity index (χ2v) is 6.34. The van der Waals surface area contributed by atoms with Gasteiger partial charge in [0.2, 0.25) is 15.9 Å². The molecule has 0 aliphatic rings. The lowest BCUT2D eigenvalue weighted by Gasteiger charge is -2.11. The van der Waals surface area contributed by atoms with Crippen molar-refractivity contribution in [3.8, 4) is 0 Å². The number of nitrogens with two attached hydrogens (primary N) is 1. The fourth-order valence-electron chi connectivity index (χ4n) is 1.22. The predicted octanol–water partition coefficient (Wildman–Crippen LogP) is 0.910. The highest BCUT2D eigenvalue weighted by molar-refractivity contribution is 9.10. The summed E-state index contributed by atoms with van der Waals surface area (Å²) in [4.78, 5) is 10.9. The van der Waals surface area contributed by atoms with Gasteiger partial charge in [0.05, 0.1) is 10.9 Å². The molecule has 1 amide bonds. The zero-order valence-electron chi connectivity index (χ0n) is 9.40. The normalized spacial score (nSPS) is 13.4. The number of hydrogen-bond donors (Lipinski definition) is 2. The third-order valence-electron chi connectivity index (χ3n) is 2.08. The molecule has 0 aromatic heterocycles. The quantitative estimate of drug-likeness (QED) is 0.864. The van der Waals surface area contributed by atoms with Gasteiger partial charge in [-0.05, 0) is 37.6 Å². The predicted molar refractivity (Wildman–Crippen MR) is 67.9 cm³/mol. The second kappa shape index (κ2) is 5.16. The molecule has 1 rings (SSSR count). The molecular formula is C10H13BrN2O3S. The van der Waals surface area contributed by atoms with Gasteiger partial charge in [0.15, 0.2) is 0 Å². The molecule has 1 atom stereocenters. The van der Waals surface area contributed by atoms with Crippen LogP contribution in [-0.2, 0) is 14.8 Å². The molecule has 0 aliphatic heterocycles. The third-order valence-corrected chi connectivity index (χ3v) is 4.06. The molecule has 1 aromatic rings. The van der Waals surface area contributed by atoms with Crippen LogP contribution in [0.15, 0.2) is 27.6 Å². The summed E-state index contributed by atoms with van der Waals surface area (Å²) in [6.07, 6.45) is 0. The molecule has 0 saturated carbocycles. The highest BCUT2D eigenvalue weighted by atomic mass is 79.9. The SMILES string of the molecule is Cc1cc(Br)cc(S(=O)(=O)N[C@@H](C)C(N)=O)c1. The molecule has 0 saturated heterocycles. The van der Waals surface area contributed by atoms with Gasteiger partial charge in [0, 0.05) is 4.47 Å². The lowest BCUT2D eigenvalue weighted by Crippen LogP contribution is -2.42. The van der Waals surface area contributed by atoms with E-state index in [1.165, 1.54) is 19.1 Å². The van der Waals surface area contributed by atoms with Crippen molar-refractivity contribution in [1.29, 1.82) is 0 Å². The molecule has 0 unspecified atom stereocenters. The molecule has 0 heterocycles. The van der Waals surface area contributed by atoms with E-state index in [1.807, 2.05) is 0 Å². The van der Waals surface area contributed by atoms with Crippen molar-refractivity contribution < 1.29 is 13.2 Å². The smallest absolute Gasteiger partial charge is 0.241 e. The van der Waals surface area contributed by atoms with Crippen molar-refractivity contribution in [2.24, 2.45) is 5.73 Å². The van der Waals surface area contributed by atoms with Crippen LogP contribution < -0.4 is 10.5 Å². The Morgan fingerprint density at radius 2 is 2.00 bits per heavy atom. The number of amides is 1. The summed E-state index contributed by atoms with van der Waals surface area (Å²) >= 11 is 3.22. The maximum Gasteiger partial charge on any atom is 0.241 e. The molecule has 3 N–H and O–H groups in total. The summed E-state index contributed by atoms with van der Waals surface area (Å²) in [5.74, 6) is -0.722. The Hall–Kier alpha value is -0.920. The zero-order chi connectivity index (χ0) is 13.2. The van der Waals surface area contributed by atoms with Crippen LogP contribution in [0.2, 0.25) is 0 Å². The van der Waals surface area contributed by atoms with Gasteiger partial charge in [0.1, 0.15) is 0 Å². The first-order chi connectivity index (χ1) is 7.72. The molecule has 7 heteroatoms. The van der Waals surface area contributed by atoms with E-state index in [0.717, 1.165) is 5.56 Å². The van der Waals surface area contributed by atoms with Crippen molar-refractivity contribution in [2.45, 2.75) is 24.8 Å². The van der Waals surface area contributed by atoms with E-state index in [1.54, 1.807) is 13.0 Å². The van der Waals surface area contributed by atoms with E-state index in [0.29, 0.717) is 4.47 Å². The third kappa shape index (κ3) is 3.79. The largest absolute Gasteiger partial charge is 0.368 e. The first-order valence-corrected chi connectivity index (χ1v) is 7.09. The summed E-state index contributed by atoms with van der Waals surface area (Å²) in [7, 11) is -3.73. The summed E-state index contributed by atoms with van der Waals surface area (Å²) in [5.41, 5.74) is 5.80. The fraction of sp³-hybridized carbons (Fsp3) is 0.300. The molecule has 0 fully saturated rings. The lowest BCUT2D eigenvalue weighted by atomic mass is 10.2. The summed E-state index contributed by atoms with van der Waals surface area (Å²) < 4.78 is 26.7. The maximum absolute atomic E-state index is 11.9. The molecule has 0 spiro atoms. The standard InChI is InChI=1S/C10H13BrN2O3S/c1-6-3-8(11)5-9(4-6)17(15,16)13-7(2)10(12)14/h3-5,7,13H,1-2H3,(H2,12,14)/t7-/m0/s1. The van der Waals surface area contributed by atoms with Crippen molar-refractivity contribution in [2.75, 3.05) is 0 Å². The van der Waals surface area contributed by atoms with Crippen molar-refractivity contribution in [3.05, 3.63) is 28.2 Å². The number of sulfonamides is 1. The summed E-state index contributed by atoms with van der Waals surface area (Å²) in [5, 5.41) is 0. The molecule has 0 bridgehead atoms. The van der Waals surface area contributed by atoms with Crippen LogP contribution in [0, 0.1) is 6.92 Å². The van der Waals surface area contributed by atoms with Gasteiger partial charge in [-0.25, -0.2) is 8.42 Å². The van der Waals surface area contributed by atoms with Crippen LogP contribution in [0.25, 0.3) is 0 Å². The number of carbonyl (C=O) groups is 1. The van der Waals surface area contributed by atoms with Crippen molar-refractivity contribution in [3.63, 3.8) is 0 Å². The number of halogens is 1. The Kier molecular flexibility index (Phi) is 4.29. The molecule has 0 radical (unpaired) electrons. The molecule has 17 heavy (non-hydrogen) atoms. The van der Waals surface area contributed by atoms with Crippen LogP contribution in [0.1, 0.15) is 12.5 Å². The number of primary amides is 1.